The Balaban J connectivity index is 1.53. The molecule has 1 amide bonds. The largest absolute Gasteiger partial charge is 0.494 e. The van der Waals surface area contributed by atoms with E-state index >= 15 is 0 Å². The number of hydrogen-bond donors (Lipinski definition) is 2. The van der Waals surface area contributed by atoms with Crippen LogP contribution in [0.15, 0.2) is 114 Å². The third-order valence-electron chi connectivity index (χ3n) is 6.86. The van der Waals surface area contributed by atoms with E-state index in [2.05, 4.69) is 17.6 Å². The molecule has 2 atom stereocenters. The molecule has 0 aromatic heterocycles. The minimum atomic E-state index is -1.32. The standard InChI is InChI=1S/C33H32N2O5/c1-38-35-32(37)33(23-24-9-4-2-5-10-24)30(27-15-13-26(14-16-27)25-11-6-3-7-12-25)40-31(34-33)28-17-19-29(20-18-28)39-22-8-21-36/h2-7,9-20,30,36H,8,21-23H2,1H3,(H,35,37)/t30-,33-/m0/s1. The lowest BCUT2D eigenvalue weighted by molar-refractivity contribution is -0.139. The molecule has 40 heavy (non-hydrogen) atoms. The van der Waals surface area contributed by atoms with Gasteiger partial charge in [-0.15, -0.1) is 0 Å². The molecular formula is C33H32N2O5. The van der Waals surface area contributed by atoms with E-state index in [0.717, 1.165) is 27.8 Å². The van der Waals surface area contributed by atoms with Crippen molar-refractivity contribution in [2.75, 3.05) is 20.3 Å². The van der Waals surface area contributed by atoms with Crippen LogP contribution in [-0.4, -0.2) is 42.8 Å². The van der Waals surface area contributed by atoms with Crippen molar-refractivity contribution in [3.05, 3.63) is 126 Å². The Bertz CT molecular complexity index is 1420. The van der Waals surface area contributed by atoms with E-state index in [1.165, 1.54) is 7.11 Å². The van der Waals surface area contributed by atoms with Gasteiger partial charge in [0.15, 0.2) is 11.6 Å². The first-order chi connectivity index (χ1) is 19.6. The first-order valence-corrected chi connectivity index (χ1v) is 13.3. The number of hydroxylamine groups is 1. The summed E-state index contributed by atoms with van der Waals surface area (Å²) in [5.41, 5.74) is 5.87. The molecule has 4 aromatic rings. The van der Waals surface area contributed by atoms with E-state index in [9.17, 15) is 4.79 Å². The fraction of sp³-hybridized carbons (Fsp3) is 0.212. The van der Waals surface area contributed by atoms with Crippen LogP contribution in [0.5, 0.6) is 5.75 Å². The van der Waals surface area contributed by atoms with Crippen molar-refractivity contribution >= 4 is 11.8 Å². The highest BCUT2D eigenvalue weighted by Crippen LogP contribution is 2.43. The molecule has 204 valence electrons. The van der Waals surface area contributed by atoms with Gasteiger partial charge in [0.25, 0.3) is 5.91 Å². The number of ether oxygens (including phenoxy) is 2. The van der Waals surface area contributed by atoms with Crippen LogP contribution in [-0.2, 0) is 20.8 Å². The monoisotopic (exact) mass is 536 g/mol. The average Bonchev–Trinajstić information content (AvgIpc) is 3.39. The van der Waals surface area contributed by atoms with Gasteiger partial charge in [0.05, 0.1) is 13.7 Å². The zero-order valence-electron chi connectivity index (χ0n) is 22.3. The molecule has 4 aromatic carbocycles. The number of aliphatic hydroxyl groups is 1. The van der Waals surface area contributed by atoms with Gasteiger partial charge in [-0.1, -0.05) is 84.9 Å². The second-order valence-corrected chi connectivity index (χ2v) is 9.57. The molecule has 1 aliphatic heterocycles. The summed E-state index contributed by atoms with van der Waals surface area (Å²) in [5, 5.41) is 9.01. The number of amides is 1. The number of hydrogen-bond acceptors (Lipinski definition) is 6. The molecule has 0 bridgehead atoms. The number of carbonyl (C=O) groups excluding carboxylic acids is 1. The Kier molecular flexibility index (Phi) is 8.54. The first kappa shape index (κ1) is 27.1. The van der Waals surface area contributed by atoms with Gasteiger partial charge in [-0.25, -0.2) is 10.5 Å². The Labute approximate surface area is 234 Å². The van der Waals surface area contributed by atoms with Gasteiger partial charge in [-0.2, -0.15) is 0 Å². The molecule has 0 saturated carbocycles. The van der Waals surface area contributed by atoms with Gasteiger partial charge in [0, 0.05) is 25.0 Å². The van der Waals surface area contributed by atoms with Crippen LogP contribution in [0.3, 0.4) is 0 Å². The minimum Gasteiger partial charge on any atom is -0.494 e. The third kappa shape index (κ3) is 5.91. The summed E-state index contributed by atoms with van der Waals surface area (Å²) in [6.45, 7) is 0.495. The molecule has 0 saturated heterocycles. The summed E-state index contributed by atoms with van der Waals surface area (Å²) in [5.74, 6) is 0.646. The number of nitrogens with zero attached hydrogens (tertiary/aromatic N) is 1. The second-order valence-electron chi connectivity index (χ2n) is 9.57. The van der Waals surface area contributed by atoms with Gasteiger partial charge in [-0.3, -0.25) is 9.63 Å². The predicted octanol–water partition coefficient (Wildman–Crippen LogP) is 5.29. The van der Waals surface area contributed by atoms with E-state index < -0.39 is 17.6 Å². The maximum absolute atomic E-state index is 13.8. The van der Waals surface area contributed by atoms with Crippen LogP contribution >= 0.6 is 0 Å². The van der Waals surface area contributed by atoms with Gasteiger partial charge in [0.2, 0.25) is 5.90 Å². The summed E-state index contributed by atoms with van der Waals surface area (Å²) in [7, 11) is 1.41. The van der Waals surface area contributed by atoms with Crippen LogP contribution in [0.1, 0.15) is 29.2 Å². The maximum atomic E-state index is 13.8. The quantitative estimate of drug-likeness (QED) is 0.201. The molecule has 0 fully saturated rings. The zero-order valence-corrected chi connectivity index (χ0v) is 22.3. The van der Waals surface area contributed by atoms with Crippen LogP contribution in [0.4, 0.5) is 0 Å². The number of nitrogens with one attached hydrogen (secondary N) is 1. The van der Waals surface area contributed by atoms with Gasteiger partial charge in [-0.05, 0) is 46.5 Å². The summed E-state index contributed by atoms with van der Waals surface area (Å²) in [6.07, 6.45) is 0.155. The van der Waals surface area contributed by atoms with Crippen LogP contribution in [0, 0.1) is 0 Å². The third-order valence-corrected chi connectivity index (χ3v) is 6.86. The van der Waals surface area contributed by atoms with Crippen molar-refractivity contribution in [1.29, 1.82) is 0 Å². The van der Waals surface area contributed by atoms with E-state index in [0.29, 0.717) is 31.1 Å². The zero-order chi connectivity index (χ0) is 27.8. The Morgan fingerprint density at radius 3 is 2.15 bits per heavy atom. The normalized spacial score (nSPS) is 18.1. The number of benzene rings is 4. The maximum Gasteiger partial charge on any atom is 0.276 e. The van der Waals surface area contributed by atoms with Crippen molar-refractivity contribution in [1.82, 2.24) is 5.48 Å². The molecule has 0 radical (unpaired) electrons. The van der Waals surface area contributed by atoms with Crippen molar-refractivity contribution in [3.8, 4) is 16.9 Å². The SMILES string of the molecule is CONC(=O)[C@@]1(Cc2ccccc2)N=C(c2ccc(OCCCO)cc2)O[C@H]1c1ccc(-c2ccccc2)cc1. The highest BCUT2D eigenvalue weighted by molar-refractivity contribution is 6.01. The van der Waals surface area contributed by atoms with Crippen LogP contribution < -0.4 is 10.2 Å². The number of carbonyl (C=O) groups is 1. The van der Waals surface area contributed by atoms with E-state index in [4.69, 9.17) is 24.4 Å². The molecule has 0 aliphatic carbocycles. The van der Waals surface area contributed by atoms with Crippen molar-refractivity contribution < 1.29 is 24.2 Å². The second kappa shape index (κ2) is 12.6. The predicted molar refractivity (Wildman–Crippen MR) is 154 cm³/mol. The van der Waals surface area contributed by atoms with E-state index in [1.807, 2.05) is 97.1 Å². The molecule has 7 nitrogen and oxygen atoms in total. The van der Waals surface area contributed by atoms with Crippen molar-refractivity contribution in [2.24, 2.45) is 4.99 Å². The lowest BCUT2D eigenvalue weighted by Gasteiger charge is -2.30. The smallest absolute Gasteiger partial charge is 0.276 e. The molecule has 1 aliphatic rings. The van der Waals surface area contributed by atoms with Crippen LogP contribution in [0.25, 0.3) is 11.1 Å². The number of rotatable bonds is 11. The topological polar surface area (TPSA) is 89.4 Å². The van der Waals surface area contributed by atoms with Gasteiger partial charge >= 0.3 is 0 Å². The molecule has 7 heteroatoms. The number of aliphatic hydroxyl groups excluding tert-OH is 1. The van der Waals surface area contributed by atoms with E-state index in [1.54, 1.807) is 0 Å². The summed E-state index contributed by atoms with van der Waals surface area (Å²) in [4.78, 5) is 23.8. The molecule has 5 rings (SSSR count). The molecule has 1 heterocycles. The fourth-order valence-corrected chi connectivity index (χ4v) is 4.85. The highest BCUT2D eigenvalue weighted by Gasteiger charge is 2.53. The Morgan fingerprint density at radius 2 is 1.50 bits per heavy atom. The average molecular weight is 537 g/mol. The molecular weight excluding hydrogens is 504 g/mol. The van der Waals surface area contributed by atoms with E-state index in [-0.39, 0.29) is 6.61 Å². The lowest BCUT2D eigenvalue weighted by Crippen LogP contribution is -2.49. The first-order valence-electron chi connectivity index (χ1n) is 13.3. The fourth-order valence-electron chi connectivity index (χ4n) is 4.85. The minimum absolute atomic E-state index is 0.0729. The van der Waals surface area contributed by atoms with Gasteiger partial charge in [0.1, 0.15) is 5.75 Å². The molecule has 0 unspecified atom stereocenters. The molecule has 2 N–H and O–H groups in total. The molecule has 0 spiro atoms. The summed E-state index contributed by atoms with van der Waals surface area (Å²) < 4.78 is 12.2. The Morgan fingerprint density at radius 1 is 0.875 bits per heavy atom. The summed E-state index contributed by atoms with van der Waals surface area (Å²) in [6, 6.07) is 35.3. The van der Waals surface area contributed by atoms with Gasteiger partial charge < -0.3 is 14.6 Å². The summed E-state index contributed by atoms with van der Waals surface area (Å²) >= 11 is 0. The van der Waals surface area contributed by atoms with Crippen molar-refractivity contribution in [2.45, 2.75) is 24.5 Å². The highest BCUT2D eigenvalue weighted by atomic mass is 16.6. The Hall–Kier alpha value is -4.46. The number of aliphatic imine (C=N–C) groups is 1. The van der Waals surface area contributed by atoms with Crippen LogP contribution in [0.2, 0.25) is 0 Å². The van der Waals surface area contributed by atoms with Crippen molar-refractivity contribution in [3.63, 3.8) is 0 Å². The lowest BCUT2D eigenvalue weighted by atomic mass is 9.82.